The Morgan fingerprint density at radius 3 is 2.62 bits per heavy atom. The maximum Gasteiger partial charge on any atom is 0.119 e. The van der Waals surface area contributed by atoms with E-state index in [1.165, 1.54) is 11.3 Å². The molecule has 5 heteroatoms. The third kappa shape index (κ3) is 6.48. The number of hydrogen-bond donors (Lipinski definition) is 1. The largest absolute Gasteiger partial charge is 0.497 e. The second-order valence-electron chi connectivity index (χ2n) is 7.18. The Labute approximate surface area is 157 Å². The van der Waals surface area contributed by atoms with Crippen molar-refractivity contribution in [3.63, 3.8) is 0 Å². The average Bonchev–Trinajstić information content (AvgIpc) is 3.01. The van der Waals surface area contributed by atoms with Gasteiger partial charge in [0.05, 0.1) is 19.8 Å². The predicted octanol–water partition coefficient (Wildman–Crippen LogP) is 3.01. The first kappa shape index (κ1) is 20.5. The monoisotopic (exact) mass is 360 g/mol. The van der Waals surface area contributed by atoms with Crippen molar-refractivity contribution >= 4 is 0 Å². The lowest BCUT2D eigenvalue weighted by Crippen LogP contribution is -2.37. The zero-order valence-electron chi connectivity index (χ0n) is 16.4. The van der Waals surface area contributed by atoms with Crippen LogP contribution in [0.15, 0.2) is 42.6 Å². The zero-order chi connectivity index (χ0) is 18.9. The summed E-state index contributed by atoms with van der Waals surface area (Å²) in [5.41, 5.74) is 2.44. The number of rotatable bonds is 11. The van der Waals surface area contributed by atoms with Crippen LogP contribution in [-0.2, 0) is 17.8 Å². The minimum Gasteiger partial charge on any atom is -0.497 e. The van der Waals surface area contributed by atoms with E-state index < -0.39 is 6.10 Å². The maximum absolute atomic E-state index is 10.1. The molecule has 0 saturated carbocycles. The first-order chi connectivity index (χ1) is 12.5. The van der Waals surface area contributed by atoms with Crippen LogP contribution in [0.2, 0.25) is 0 Å². The first-order valence-electron chi connectivity index (χ1n) is 9.18. The number of methoxy groups -OCH3 is 2. The molecule has 1 aromatic carbocycles. The Bertz CT molecular complexity index is 654. The minimum absolute atomic E-state index is 0.361. The van der Waals surface area contributed by atoms with E-state index in [1.54, 1.807) is 14.2 Å². The molecule has 0 bridgehead atoms. The van der Waals surface area contributed by atoms with E-state index in [1.807, 2.05) is 12.1 Å². The highest BCUT2D eigenvalue weighted by Crippen LogP contribution is 2.16. The van der Waals surface area contributed by atoms with Gasteiger partial charge in [0.25, 0.3) is 0 Å². The fourth-order valence-electron chi connectivity index (χ4n) is 3.21. The predicted molar refractivity (Wildman–Crippen MR) is 105 cm³/mol. The van der Waals surface area contributed by atoms with Crippen LogP contribution in [0.3, 0.4) is 0 Å². The molecule has 1 aromatic heterocycles. The van der Waals surface area contributed by atoms with Gasteiger partial charge in [0.15, 0.2) is 0 Å². The number of nitrogens with zero attached hydrogens (tertiary/aromatic N) is 2. The summed E-state index contributed by atoms with van der Waals surface area (Å²) in [5.74, 6) is 1.41. The molecule has 0 aliphatic rings. The molecule has 0 fully saturated rings. The summed E-state index contributed by atoms with van der Waals surface area (Å²) in [6.07, 6.45) is 1.63. The molecule has 1 heterocycles. The lowest BCUT2D eigenvalue weighted by atomic mass is 10.2. The first-order valence-corrected chi connectivity index (χ1v) is 9.18. The SMILES string of the molecule is COCC(O)CN(Cc1cccn1Cc1cccc(OC)c1)CC(C)C. The molecule has 2 aromatic rings. The molecule has 0 radical (unpaired) electrons. The summed E-state index contributed by atoms with van der Waals surface area (Å²) in [5, 5.41) is 10.1. The second-order valence-corrected chi connectivity index (χ2v) is 7.18. The summed E-state index contributed by atoms with van der Waals surface area (Å²) in [6, 6.07) is 12.4. The van der Waals surface area contributed by atoms with Crippen molar-refractivity contribution < 1.29 is 14.6 Å². The van der Waals surface area contributed by atoms with E-state index >= 15 is 0 Å². The van der Waals surface area contributed by atoms with Gasteiger partial charge in [-0.15, -0.1) is 0 Å². The summed E-state index contributed by atoms with van der Waals surface area (Å²) < 4.78 is 12.7. The van der Waals surface area contributed by atoms with Crippen molar-refractivity contribution in [1.29, 1.82) is 0 Å². The lowest BCUT2D eigenvalue weighted by molar-refractivity contribution is 0.0326. The van der Waals surface area contributed by atoms with Gasteiger partial charge < -0.3 is 19.1 Å². The van der Waals surface area contributed by atoms with Gasteiger partial charge in [-0.1, -0.05) is 26.0 Å². The van der Waals surface area contributed by atoms with Crippen LogP contribution in [-0.4, -0.2) is 54.6 Å². The number of aliphatic hydroxyl groups excluding tert-OH is 1. The molecule has 0 aliphatic carbocycles. The summed E-state index contributed by atoms with van der Waals surface area (Å²) >= 11 is 0. The van der Waals surface area contributed by atoms with E-state index in [-0.39, 0.29) is 0 Å². The van der Waals surface area contributed by atoms with Crippen molar-refractivity contribution in [2.45, 2.75) is 33.0 Å². The number of aliphatic hydroxyl groups is 1. The molecule has 5 nitrogen and oxygen atoms in total. The van der Waals surface area contributed by atoms with Crippen molar-refractivity contribution in [3.05, 3.63) is 53.9 Å². The van der Waals surface area contributed by atoms with Crippen molar-refractivity contribution in [3.8, 4) is 5.75 Å². The summed E-state index contributed by atoms with van der Waals surface area (Å²) in [6.45, 7) is 7.91. The average molecular weight is 360 g/mol. The fraction of sp³-hybridized carbons (Fsp3) is 0.524. The zero-order valence-corrected chi connectivity index (χ0v) is 16.4. The molecular weight excluding hydrogens is 328 g/mol. The van der Waals surface area contributed by atoms with E-state index in [0.717, 1.165) is 25.4 Å². The van der Waals surface area contributed by atoms with Crippen LogP contribution >= 0.6 is 0 Å². The molecule has 0 spiro atoms. The quantitative estimate of drug-likeness (QED) is 0.669. The maximum atomic E-state index is 10.1. The highest BCUT2D eigenvalue weighted by atomic mass is 16.5. The van der Waals surface area contributed by atoms with Crippen LogP contribution in [0.5, 0.6) is 5.75 Å². The standard InChI is InChI=1S/C21H32N2O3/c1-17(2)12-22(15-20(24)16-25-3)14-19-8-6-10-23(19)13-18-7-5-9-21(11-18)26-4/h5-11,17,20,24H,12-16H2,1-4H3. The Hall–Kier alpha value is -1.82. The van der Waals surface area contributed by atoms with Gasteiger partial charge >= 0.3 is 0 Å². The van der Waals surface area contributed by atoms with Crippen LogP contribution in [0.4, 0.5) is 0 Å². The number of benzene rings is 1. The Morgan fingerprint density at radius 2 is 1.92 bits per heavy atom. The molecule has 144 valence electrons. The molecule has 2 rings (SSSR count). The van der Waals surface area contributed by atoms with Crippen LogP contribution in [0, 0.1) is 5.92 Å². The second kappa shape index (κ2) is 10.4. The van der Waals surface area contributed by atoms with Gasteiger partial charge in [0.1, 0.15) is 5.75 Å². The Kier molecular flexibility index (Phi) is 8.16. The van der Waals surface area contributed by atoms with Crippen molar-refractivity contribution in [2.24, 2.45) is 5.92 Å². The van der Waals surface area contributed by atoms with Gasteiger partial charge in [-0.2, -0.15) is 0 Å². The van der Waals surface area contributed by atoms with Crippen molar-refractivity contribution in [2.75, 3.05) is 33.9 Å². The van der Waals surface area contributed by atoms with Gasteiger partial charge in [0.2, 0.25) is 0 Å². The van der Waals surface area contributed by atoms with Crippen LogP contribution in [0.25, 0.3) is 0 Å². The van der Waals surface area contributed by atoms with Gasteiger partial charge in [-0.05, 0) is 35.7 Å². The molecule has 26 heavy (non-hydrogen) atoms. The van der Waals surface area contributed by atoms with E-state index in [0.29, 0.717) is 19.1 Å². The highest BCUT2D eigenvalue weighted by Gasteiger charge is 2.15. The number of aromatic nitrogens is 1. The molecule has 1 N–H and O–H groups in total. The van der Waals surface area contributed by atoms with Gasteiger partial charge in [-0.25, -0.2) is 0 Å². The minimum atomic E-state index is -0.472. The van der Waals surface area contributed by atoms with E-state index in [9.17, 15) is 5.11 Å². The van der Waals surface area contributed by atoms with Gasteiger partial charge in [-0.3, -0.25) is 4.90 Å². The van der Waals surface area contributed by atoms with Crippen LogP contribution < -0.4 is 4.74 Å². The van der Waals surface area contributed by atoms with Crippen LogP contribution in [0.1, 0.15) is 25.1 Å². The van der Waals surface area contributed by atoms with Gasteiger partial charge in [0, 0.05) is 45.2 Å². The third-order valence-electron chi connectivity index (χ3n) is 4.25. The molecule has 0 amide bonds. The number of hydrogen-bond acceptors (Lipinski definition) is 4. The summed E-state index contributed by atoms with van der Waals surface area (Å²) in [7, 11) is 3.31. The smallest absolute Gasteiger partial charge is 0.119 e. The third-order valence-corrected chi connectivity index (χ3v) is 4.25. The Balaban J connectivity index is 2.08. The molecule has 0 aliphatic heterocycles. The van der Waals surface area contributed by atoms with E-state index in [2.05, 4.69) is 53.8 Å². The van der Waals surface area contributed by atoms with E-state index in [4.69, 9.17) is 9.47 Å². The normalized spacial score (nSPS) is 12.7. The lowest BCUT2D eigenvalue weighted by Gasteiger charge is -2.27. The topological polar surface area (TPSA) is 46.9 Å². The molecule has 0 saturated heterocycles. The molecular formula is C21H32N2O3. The molecule has 1 unspecified atom stereocenters. The number of ether oxygens (including phenoxy) is 2. The Morgan fingerprint density at radius 1 is 1.12 bits per heavy atom. The van der Waals surface area contributed by atoms with Crippen molar-refractivity contribution in [1.82, 2.24) is 9.47 Å². The fourth-order valence-corrected chi connectivity index (χ4v) is 3.21. The molecule has 1 atom stereocenters. The summed E-state index contributed by atoms with van der Waals surface area (Å²) in [4.78, 5) is 2.30. The highest BCUT2D eigenvalue weighted by molar-refractivity contribution is 5.29.